The van der Waals surface area contributed by atoms with Gasteiger partial charge < -0.3 is 95.8 Å². The fraction of sp³-hybridized carbons (Fsp3) is 0.531. The van der Waals surface area contributed by atoms with Crippen molar-refractivity contribution in [2.24, 2.45) is 0 Å². The number of nitrogens with one attached hydrogen (secondary N) is 2. The van der Waals surface area contributed by atoms with Gasteiger partial charge in [0.25, 0.3) is 11.1 Å². The van der Waals surface area contributed by atoms with Gasteiger partial charge >= 0.3 is 42.7 Å². The van der Waals surface area contributed by atoms with E-state index in [1.807, 2.05) is 9.97 Å². The van der Waals surface area contributed by atoms with Crippen LogP contribution in [0, 0.1) is 0 Å². The number of aromatic amines is 2. The minimum Gasteiger partial charge on any atom is -0.394 e. The fourth-order valence-corrected chi connectivity index (χ4v) is 15.9. The summed E-state index contributed by atoms with van der Waals surface area (Å²) in [5.74, 6) is -0.316. The summed E-state index contributed by atoms with van der Waals surface area (Å²) in [4.78, 5) is 135. The van der Waals surface area contributed by atoms with Crippen LogP contribution in [0.25, 0.3) is 33.5 Å². The molecule has 0 aromatic carbocycles. The number of hydrogen-bond donors (Lipinski definition) is 15. The van der Waals surface area contributed by atoms with Crippen molar-refractivity contribution in [3.63, 3.8) is 0 Å². The lowest BCUT2D eigenvalue weighted by Crippen LogP contribution is -2.39. The summed E-state index contributed by atoms with van der Waals surface area (Å²) in [6.07, 6.45) is -29.3. The third-order valence-corrected chi connectivity index (χ3v) is 20.8. The molecule has 0 amide bonds. The zero-order valence-corrected chi connectivity index (χ0v) is 56.2. The standard InChI is InChI=1S/C49H61N19O32P4/c1-87-36-35(17(6-69)92-47(36)68-16-61-26-39(52)55-13-58-42(26)68)100-104(85,86)91-10-21-34(31(76)46(96-21)67-15-60-25-38(51)54-12-57-41(25)67)99-103(83,84)90-9-20-33(30(75)45(95-20)66-14-59-24-37(50)53-11-56-40(24)66)98-102(81,82)89-8-19-32(29(74)44(94-19)65-5-3-23(71)63-49(65)78)97-101(79,80)88-7-18-27(72)28(73)43(93-18)64-4-2-22(70)62-48(64)77/h2-5,11-21,27-36,43-47,69,72-76H,6-10H2,1H3,(H,79,80)(H,81,82)(H,83,84)(H,85,86)(H2,50,53,56)(H2,51,54,57)(H2,52,55,58)(H,62,70,77)(H,63,71,78)/t17-,18-,19-,20-,21-,27-,28-,29-,30-,31-,32-,33-,34-,35-,36-,43-,44-,45-,46-,47-/m1/s1. The van der Waals surface area contributed by atoms with Gasteiger partial charge in [0.1, 0.15) is 127 Å². The van der Waals surface area contributed by atoms with Gasteiger partial charge in [-0.05, 0) is 0 Å². The number of hydrogen-bond acceptors (Lipinski definition) is 40. The number of aliphatic hydroxyl groups excluding tert-OH is 6. The monoisotopic (exact) mass is 1550 g/mol. The lowest BCUT2D eigenvalue weighted by molar-refractivity contribution is -0.0656. The average Bonchev–Trinajstić information content (AvgIpc) is 1.62. The molecule has 51 nitrogen and oxygen atoms in total. The Labute approximate surface area is 575 Å². The van der Waals surface area contributed by atoms with Crippen LogP contribution in [0.15, 0.2) is 81.7 Å². The van der Waals surface area contributed by atoms with Crippen molar-refractivity contribution < 1.29 is 133 Å². The van der Waals surface area contributed by atoms with E-state index in [1.165, 1.54) is 18.0 Å². The number of rotatable bonds is 27. The van der Waals surface area contributed by atoms with E-state index in [9.17, 15) is 87.7 Å². The Hall–Kier alpha value is -7.63. The van der Waals surface area contributed by atoms with Crippen LogP contribution in [-0.2, 0) is 82.9 Å². The van der Waals surface area contributed by atoms with Gasteiger partial charge in [0.2, 0.25) is 0 Å². The number of fused-ring (bicyclic) bond motifs is 3. The van der Waals surface area contributed by atoms with Crippen molar-refractivity contribution in [3.05, 3.63) is 104 Å². The Kier molecular flexibility index (Phi) is 21.0. The van der Waals surface area contributed by atoms with Crippen LogP contribution in [0.1, 0.15) is 31.1 Å². The van der Waals surface area contributed by atoms with Gasteiger partial charge in [-0.1, -0.05) is 0 Å². The third kappa shape index (κ3) is 14.9. The molecule has 564 valence electrons. The predicted molar refractivity (Wildman–Crippen MR) is 332 cm³/mol. The van der Waals surface area contributed by atoms with Gasteiger partial charge in [0.05, 0.1) is 52.0 Å². The van der Waals surface area contributed by atoms with E-state index in [1.54, 1.807) is 0 Å². The van der Waals surface area contributed by atoms with Gasteiger partial charge in [-0.3, -0.25) is 78.6 Å². The highest BCUT2D eigenvalue weighted by Gasteiger charge is 2.57. The van der Waals surface area contributed by atoms with Crippen LogP contribution in [0.3, 0.4) is 0 Å². The van der Waals surface area contributed by atoms with E-state index >= 15 is 0 Å². The Morgan fingerprint density at radius 3 is 1.10 bits per heavy atom. The first kappa shape index (κ1) is 74.6. The Morgan fingerprint density at radius 1 is 0.423 bits per heavy atom. The molecule has 5 fully saturated rings. The fourth-order valence-electron chi connectivity index (χ4n) is 12.0. The smallest absolute Gasteiger partial charge is 0.394 e. The summed E-state index contributed by atoms with van der Waals surface area (Å²) < 4.78 is 139. The van der Waals surface area contributed by atoms with E-state index in [0.717, 1.165) is 65.3 Å². The molecule has 0 radical (unpaired) electrons. The van der Waals surface area contributed by atoms with Gasteiger partial charge in [-0.2, -0.15) is 0 Å². The molecule has 13 heterocycles. The van der Waals surface area contributed by atoms with Crippen LogP contribution in [0.4, 0.5) is 17.5 Å². The number of methoxy groups -OCH3 is 1. The third-order valence-electron chi connectivity index (χ3n) is 16.9. The normalized spacial score (nSPS) is 32.5. The van der Waals surface area contributed by atoms with Crippen molar-refractivity contribution in [2.45, 2.75) is 123 Å². The number of nitrogens with zero attached hydrogens (tertiary/aromatic N) is 14. The highest BCUT2D eigenvalue weighted by molar-refractivity contribution is 7.48. The highest BCUT2D eigenvalue weighted by atomic mass is 31.2. The van der Waals surface area contributed by atoms with E-state index in [0.29, 0.717) is 9.13 Å². The number of aliphatic hydroxyl groups is 6. The number of nitrogens with two attached hydrogens (primary N) is 3. The van der Waals surface area contributed by atoms with Crippen molar-refractivity contribution >= 4 is 82.2 Å². The molecule has 5 aliphatic rings. The SMILES string of the molecule is CO[C@@H]1[C@H](OP(=O)(O)OC[C@H]2O[C@@H](n3cnc4c(N)ncnc43)[C@H](O)[C@@H]2OP(=O)(O)OC[C@H]2O[C@@H](n3cnc4c(N)ncnc43)[C@H](O)[C@@H]2OP(=O)(O)OC[C@H]2O[C@@H](n3ccc(=O)[nH]c3=O)[C@H](O)[C@@H]2OP(=O)(O)OC[C@H]2O[C@@H](n3ccc(=O)[nH]c3=O)[C@H](O)[C@@H]2O)[C@@H](CO)O[C@H]1n1cnc2c(N)ncnc21. The maximum atomic E-state index is 14.4. The summed E-state index contributed by atoms with van der Waals surface area (Å²) in [6, 6.07) is 1.69. The minimum atomic E-state index is -5.85. The van der Waals surface area contributed by atoms with Gasteiger partial charge in [-0.15, -0.1) is 0 Å². The van der Waals surface area contributed by atoms with E-state index in [-0.39, 0.29) is 50.9 Å². The number of nitrogen functional groups attached to an aromatic ring is 3. The number of ether oxygens (including phenoxy) is 6. The van der Waals surface area contributed by atoms with E-state index in [4.69, 9.17) is 81.8 Å². The number of phosphoric ester groups is 4. The first-order chi connectivity index (χ1) is 49.3. The van der Waals surface area contributed by atoms with Gasteiger partial charge in [0, 0.05) is 31.6 Å². The molecular weight excluding hydrogens is 1490 g/mol. The second-order valence-electron chi connectivity index (χ2n) is 23.3. The van der Waals surface area contributed by atoms with Crippen LogP contribution in [-0.4, -0.2) is 260 Å². The Bertz CT molecular complexity index is 4950. The van der Waals surface area contributed by atoms with Gasteiger partial charge in [-0.25, -0.2) is 72.7 Å². The summed E-state index contributed by atoms with van der Waals surface area (Å²) in [5, 5.41) is 67.4. The summed E-state index contributed by atoms with van der Waals surface area (Å²) >= 11 is 0. The topological polar surface area (TPSA) is 718 Å². The maximum absolute atomic E-state index is 14.4. The molecule has 18 N–H and O–H groups in total. The summed E-state index contributed by atoms with van der Waals surface area (Å²) in [7, 11) is -21.6. The second kappa shape index (κ2) is 29.3. The van der Waals surface area contributed by atoms with Crippen molar-refractivity contribution in [2.75, 3.05) is 57.3 Å². The quantitative estimate of drug-likeness (QED) is 0.0213. The first-order valence-corrected chi connectivity index (χ1v) is 36.2. The van der Waals surface area contributed by atoms with Crippen molar-refractivity contribution in [1.82, 2.24) is 77.7 Å². The molecule has 55 heteroatoms. The van der Waals surface area contributed by atoms with Crippen LogP contribution < -0.4 is 39.7 Å². The molecule has 13 rings (SSSR count). The second-order valence-corrected chi connectivity index (χ2v) is 28.9. The molecule has 5 saturated heterocycles. The first-order valence-electron chi connectivity index (χ1n) is 30.2. The minimum absolute atomic E-state index is 0.00134. The molecule has 0 saturated carbocycles. The molecule has 5 aliphatic heterocycles. The number of aromatic nitrogens is 16. The number of H-pyrrole nitrogens is 2. The zero-order chi connectivity index (χ0) is 74.2. The highest BCUT2D eigenvalue weighted by Crippen LogP contribution is 2.56. The number of anilines is 3. The molecule has 0 aliphatic carbocycles. The van der Waals surface area contributed by atoms with Crippen molar-refractivity contribution in [1.29, 1.82) is 0 Å². The zero-order valence-electron chi connectivity index (χ0n) is 52.6. The van der Waals surface area contributed by atoms with Crippen LogP contribution in [0.5, 0.6) is 0 Å². The molecule has 0 spiro atoms. The Balaban J connectivity index is 0.728. The average molecular weight is 1550 g/mol. The molecule has 104 heavy (non-hydrogen) atoms. The lowest BCUT2D eigenvalue weighted by Gasteiger charge is -2.27. The number of imidazole rings is 3. The van der Waals surface area contributed by atoms with Gasteiger partial charge in [0.15, 0.2) is 65.5 Å². The molecule has 0 bridgehead atoms. The Morgan fingerprint density at radius 2 is 0.740 bits per heavy atom. The largest absolute Gasteiger partial charge is 0.472 e. The molecule has 4 unspecified atom stereocenters. The summed E-state index contributed by atoms with van der Waals surface area (Å²) in [6.45, 7) is -5.74. The predicted octanol–water partition coefficient (Wildman–Crippen LogP) is -6.34. The molecule has 8 aromatic rings. The maximum Gasteiger partial charge on any atom is 0.472 e. The van der Waals surface area contributed by atoms with Crippen LogP contribution in [0.2, 0.25) is 0 Å². The van der Waals surface area contributed by atoms with E-state index in [2.05, 4.69) is 44.9 Å². The van der Waals surface area contributed by atoms with E-state index < -0.39 is 210 Å². The molecule has 8 aromatic heterocycles. The van der Waals surface area contributed by atoms with Crippen molar-refractivity contribution in [3.8, 4) is 0 Å². The summed E-state index contributed by atoms with van der Waals surface area (Å²) in [5.41, 5.74) is 13.9. The molecule has 24 atom stereocenters. The number of phosphoric acid groups is 4. The van der Waals surface area contributed by atoms with Crippen LogP contribution >= 0.6 is 31.3 Å². The molecular formula is C49H61N19O32P4. The lowest BCUT2D eigenvalue weighted by atomic mass is 10.1.